The van der Waals surface area contributed by atoms with Crippen molar-refractivity contribution in [2.75, 3.05) is 30.7 Å². The molecule has 2 aliphatic heterocycles. The second-order valence-electron chi connectivity index (χ2n) is 8.74. The number of amides is 3. The van der Waals surface area contributed by atoms with Gasteiger partial charge in [-0.3, -0.25) is 4.79 Å². The monoisotopic (exact) mass is 543 g/mol. The van der Waals surface area contributed by atoms with Gasteiger partial charge in [-0.2, -0.15) is 26.3 Å². The number of halogens is 6. The Bertz CT molecular complexity index is 1140. The van der Waals surface area contributed by atoms with Crippen molar-refractivity contribution in [1.29, 1.82) is 0 Å². The third-order valence-corrected chi connectivity index (χ3v) is 7.89. The van der Waals surface area contributed by atoms with E-state index >= 15 is 0 Å². The van der Waals surface area contributed by atoms with E-state index in [0.29, 0.717) is 31.5 Å². The van der Waals surface area contributed by atoms with Crippen LogP contribution in [0.2, 0.25) is 0 Å². The molecule has 0 aromatic heterocycles. The summed E-state index contributed by atoms with van der Waals surface area (Å²) in [5.41, 5.74) is -2.72. The van der Waals surface area contributed by atoms with Gasteiger partial charge in [0.15, 0.2) is 0 Å². The Kier molecular flexibility index (Phi) is 7.50. The van der Waals surface area contributed by atoms with Crippen LogP contribution in [0.1, 0.15) is 29.5 Å². The number of likely N-dealkylation sites (tertiary alicyclic amines) is 1. The van der Waals surface area contributed by atoms with E-state index in [2.05, 4.69) is 5.32 Å². The normalized spacial score (nSPS) is 18.0. The molecular weight excluding hydrogens is 520 g/mol. The number of benzene rings is 2. The van der Waals surface area contributed by atoms with Crippen LogP contribution >= 0.6 is 11.8 Å². The number of urea groups is 1. The third kappa shape index (κ3) is 6.23. The number of hydrogen-bond donors (Lipinski definition) is 1. The van der Waals surface area contributed by atoms with Crippen molar-refractivity contribution in [3.63, 3.8) is 0 Å². The Morgan fingerprint density at radius 1 is 0.892 bits per heavy atom. The number of carbonyl (C=O) groups excluding carboxylic acids is 2. The van der Waals surface area contributed by atoms with Crippen molar-refractivity contribution in [2.24, 2.45) is 0 Å². The number of nitrogens with zero attached hydrogens (tertiary/aromatic N) is 2. The van der Waals surface area contributed by atoms with Crippen molar-refractivity contribution in [3.8, 4) is 0 Å². The van der Waals surface area contributed by atoms with Crippen LogP contribution in [-0.2, 0) is 17.1 Å². The second-order valence-corrected chi connectivity index (χ2v) is 10.2. The van der Waals surface area contributed by atoms with E-state index in [4.69, 9.17) is 0 Å². The van der Waals surface area contributed by atoms with Gasteiger partial charge in [-0.15, -0.1) is 11.8 Å². The predicted molar refractivity (Wildman–Crippen MR) is 129 cm³/mol. The highest BCUT2D eigenvalue weighted by atomic mass is 32.2. The lowest BCUT2D eigenvalue weighted by atomic mass is 10.0. The molecule has 0 saturated carbocycles. The number of nitrogens with one attached hydrogen (secondary N) is 1. The van der Waals surface area contributed by atoms with E-state index in [-0.39, 0.29) is 25.1 Å². The molecule has 0 radical (unpaired) electrons. The van der Waals surface area contributed by atoms with Crippen LogP contribution in [0, 0.1) is 0 Å². The lowest BCUT2D eigenvalue weighted by Gasteiger charge is -2.43. The van der Waals surface area contributed by atoms with Gasteiger partial charge in [-0.25, -0.2) is 4.79 Å². The van der Waals surface area contributed by atoms with Crippen LogP contribution in [0.3, 0.4) is 0 Å². The minimum Gasteiger partial charge on any atom is -0.324 e. The molecule has 4 rings (SSSR count). The van der Waals surface area contributed by atoms with Gasteiger partial charge < -0.3 is 15.1 Å². The number of thioether (sulfide) groups is 1. The van der Waals surface area contributed by atoms with E-state index in [1.807, 2.05) is 30.3 Å². The highest BCUT2D eigenvalue weighted by molar-refractivity contribution is 8.00. The number of anilines is 1. The zero-order valence-corrected chi connectivity index (χ0v) is 20.2. The molecule has 0 bridgehead atoms. The van der Waals surface area contributed by atoms with Crippen LogP contribution in [-0.4, -0.2) is 52.0 Å². The summed E-state index contributed by atoms with van der Waals surface area (Å²) in [7, 11) is 0. The quantitative estimate of drug-likeness (QED) is 0.363. The highest BCUT2D eigenvalue weighted by Crippen LogP contribution is 2.44. The van der Waals surface area contributed by atoms with E-state index < -0.39 is 40.1 Å². The average molecular weight is 544 g/mol. The van der Waals surface area contributed by atoms with Gasteiger partial charge >= 0.3 is 18.4 Å². The first-order valence-electron chi connectivity index (χ1n) is 11.4. The number of alkyl halides is 6. The summed E-state index contributed by atoms with van der Waals surface area (Å²) < 4.78 is 78.7. The molecule has 1 spiro atoms. The first kappa shape index (κ1) is 26.9. The first-order valence-corrected chi connectivity index (χ1v) is 12.4. The van der Waals surface area contributed by atoms with Crippen LogP contribution in [0.5, 0.6) is 0 Å². The van der Waals surface area contributed by atoms with Gasteiger partial charge in [0.1, 0.15) is 0 Å². The molecule has 0 unspecified atom stereocenters. The summed E-state index contributed by atoms with van der Waals surface area (Å²) in [6.45, 7) is 0.922. The van der Waals surface area contributed by atoms with E-state index in [1.54, 1.807) is 22.7 Å². The Hall–Kier alpha value is -3.15. The molecule has 2 aromatic rings. The van der Waals surface area contributed by atoms with Crippen LogP contribution < -0.4 is 5.32 Å². The Morgan fingerprint density at radius 2 is 1.49 bits per heavy atom. The summed E-state index contributed by atoms with van der Waals surface area (Å²) in [5, 5.41) is 2.18. The van der Waals surface area contributed by atoms with E-state index in [9.17, 15) is 35.9 Å². The van der Waals surface area contributed by atoms with E-state index in [0.717, 1.165) is 11.3 Å². The van der Waals surface area contributed by atoms with Crippen LogP contribution in [0.25, 0.3) is 6.08 Å². The Labute approximate surface area is 213 Å². The van der Waals surface area contributed by atoms with Gasteiger partial charge in [-0.05, 0) is 42.7 Å². The van der Waals surface area contributed by atoms with Gasteiger partial charge in [-0.1, -0.05) is 30.3 Å². The SMILES string of the molecule is O=C(Nc1cc(C(F)(F)F)cc(C(F)(F)F)c1)N1CCC2(CC1)SCCN2C(=O)/C=C/c1ccccc1. The Balaban J connectivity index is 1.42. The maximum absolute atomic E-state index is 13.1. The molecule has 198 valence electrons. The predicted octanol–water partition coefficient (Wildman–Crippen LogP) is 6.34. The summed E-state index contributed by atoms with van der Waals surface area (Å²) in [4.78, 5) is 28.2. The largest absolute Gasteiger partial charge is 0.416 e. The lowest BCUT2D eigenvalue weighted by molar-refractivity contribution is -0.143. The fraction of sp³-hybridized carbons (Fsp3) is 0.360. The molecule has 0 aliphatic carbocycles. The van der Waals surface area contributed by atoms with Gasteiger partial charge in [0, 0.05) is 37.2 Å². The minimum absolute atomic E-state index is 0.00939. The molecule has 2 saturated heterocycles. The second kappa shape index (κ2) is 10.3. The molecule has 0 atom stereocenters. The van der Waals surface area contributed by atoms with Gasteiger partial charge in [0.05, 0.1) is 16.0 Å². The molecule has 2 fully saturated rings. The first-order chi connectivity index (χ1) is 17.4. The van der Waals surface area contributed by atoms with Crippen molar-refractivity contribution in [3.05, 3.63) is 71.3 Å². The molecule has 2 aliphatic rings. The zero-order chi connectivity index (χ0) is 26.8. The molecule has 2 aromatic carbocycles. The fourth-order valence-corrected chi connectivity index (χ4v) is 5.91. The average Bonchev–Trinajstić information content (AvgIpc) is 3.25. The van der Waals surface area contributed by atoms with Crippen molar-refractivity contribution in [2.45, 2.75) is 30.1 Å². The van der Waals surface area contributed by atoms with Gasteiger partial charge in [0.2, 0.25) is 5.91 Å². The van der Waals surface area contributed by atoms with Crippen LogP contribution in [0.4, 0.5) is 36.8 Å². The third-order valence-electron chi connectivity index (χ3n) is 6.33. The van der Waals surface area contributed by atoms with Crippen molar-refractivity contribution < 1.29 is 35.9 Å². The zero-order valence-electron chi connectivity index (χ0n) is 19.4. The molecule has 2 heterocycles. The van der Waals surface area contributed by atoms with E-state index in [1.165, 1.54) is 11.0 Å². The maximum atomic E-state index is 13.1. The Morgan fingerprint density at radius 3 is 2.05 bits per heavy atom. The summed E-state index contributed by atoms with van der Waals surface area (Å²) in [6.07, 6.45) is -5.94. The van der Waals surface area contributed by atoms with Crippen molar-refractivity contribution in [1.82, 2.24) is 9.80 Å². The molecule has 3 amide bonds. The summed E-state index contributed by atoms with van der Waals surface area (Å²) in [5.74, 6) is 0.567. The topological polar surface area (TPSA) is 52.7 Å². The number of piperidine rings is 1. The maximum Gasteiger partial charge on any atom is 0.416 e. The highest BCUT2D eigenvalue weighted by Gasteiger charge is 2.46. The molecule has 37 heavy (non-hydrogen) atoms. The number of rotatable bonds is 3. The number of hydrogen-bond acceptors (Lipinski definition) is 3. The smallest absolute Gasteiger partial charge is 0.324 e. The summed E-state index contributed by atoms with van der Waals surface area (Å²) >= 11 is 1.61. The summed E-state index contributed by atoms with van der Waals surface area (Å²) in [6, 6.07) is 9.51. The standard InChI is InChI=1S/C25H23F6N3O2S/c26-24(27,28)18-14-19(25(29,30)31)16-20(15-18)32-22(36)33-10-8-23(9-11-33)34(12-13-37-23)21(35)7-6-17-4-2-1-3-5-17/h1-7,14-16H,8-13H2,(H,32,36)/b7-6+. The fourth-order valence-electron chi connectivity index (χ4n) is 4.44. The number of carbonyl (C=O) groups is 2. The molecule has 1 N–H and O–H groups in total. The van der Waals surface area contributed by atoms with Crippen LogP contribution in [0.15, 0.2) is 54.6 Å². The lowest BCUT2D eigenvalue weighted by Crippen LogP contribution is -2.54. The molecule has 5 nitrogen and oxygen atoms in total. The van der Waals surface area contributed by atoms with Crippen molar-refractivity contribution >= 4 is 35.5 Å². The molecular formula is C25H23F6N3O2S. The minimum atomic E-state index is -5.01. The van der Waals surface area contributed by atoms with Gasteiger partial charge in [0.25, 0.3) is 0 Å². The molecule has 12 heteroatoms.